The van der Waals surface area contributed by atoms with Crippen molar-refractivity contribution in [1.29, 1.82) is 0 Å². The summed E-state index contributed by atoms with van der Waals surface area (Å²) < 4.78 is 39.0. The van der Waals surface area contributed by atoms with E-state index in [0.29, 0.717) is 5.56 Å². The fourth-order valence-electron chi connectivity index (χ4n) is 3.32. The molecule has 4 nitrogen and oxygen atoms in total. The number of hydrogen-bond donors (Lipinski definition) is 1. The third-order valence-electron chi connectivity index (χ3n) is 4.73. The number of carbonyl (C=O) groups excluding carboxylic acids is 1. The van der Waals surface area contributed by atoms with Crippen LogP contribution in [-0.4, -0.2) is 17.1 Å². The van der Waals surface area contributed by atoms with Gasteiger partial charge in [0.15, 0.2) is 0 Å². The summed E-state index contributed by atoms with van der Waals surface area (Å²) in [4.78, 5) is 21.4. The van der Waals surface area contributed by atoms with Gasteiger partial charge in [0.05, 0.1) is 22.9 Å². The molecule has 0 saturated carbocycles. The third kappa shape index (κ3) is 3.76. The molecule has 1 aliphatic heterocycles. The standard InChI is InChI=1S/C22H16F3N3O/c1-13-10-14(8-9-26-13)16-4-2-3-5-17(16)18-12-27-19-7-6-15(22(23,24)25)11-20(19)28-21(18)29/h2-12,18H,1H3,(H,28,29). The molecule has 4 rings (SSSR count). The number of aliphatic imine (C=N–C) groups is 1. The number of hydrogen-bond acceptors (Lipinski definition) is 3. The Bertz CT molecular complexity index is 1120. The van der Waals surface area contributed by atoms with Crippen molar-refractivity contribution < 1.29 is 18.0 Å². The summed E-state index contributed by atoms with van der Waals surface area (Å²) in [6.07, 6.45) is -1.33. The number of carbonyl (C=O) groups is 1. The van der Waals surface area contributed by atoms with E-state index in [1.54, 1.807) is 6.20 Å². The van der Waals surface area contributed by atoms with E-state index in [1.165, 1.54) is 12.3 Å². The minimum atomic E-state index is -4.50. The molecule has 1 atom stereocenters. The molecule has 0 bridgehead atoms. The number of benzene rings is 2. The van der Waals surface area contributed by atoms with Gasteiger partial charge < -0.3 is 5.32 Å². The Morgan fingerprint density at radius 1 is 1.03 bits per heavy atom. The highest BCUT2D eigenvalue weighted by molar-refractivity contribution is 6.11. The van der Waals surface area contributed by atoms with E-state index >= 15 is 0 Å². The molecule has 0 radical (unpaired) electrons. The van der Waals surface area contributed by atoms with Crippen molar-refractivity contribution in [2.24, 2.45) is 4.99 Å². The van der Waals surface area contributed by atoms with Crippen LogP contribution < -0.4 is 5.32 Å². The van der Waals surface area contributed by atoms with Crippen molar-refractivity contribution in [1.82, 2.24) is 4.98 Å². The Morgan fingerprint density at radius 2 is 1.83 bits per heavy atom. The maximum atomic E-state index is 13.0. The van der Waals surface area contributed by atoms with Crippen LogP contribution in [0.5, 0.6) is 0 Å². The van der Waals surface area contributed by atoms with Crippen molar-refractivity contribution in [2.45, 2.75) is 19.0 Å². The number of aromatic nitrogens is 1. The summed E-state index contributed by atoms with van der Waals surface area (Å²) in [5.41, 5.74) is 2.78. The van der Waals surface area contributed by atoms with Crippen LogP contribution in [0.4, 0.5) is 24.5 Å². The molecule has 2 heterocycles. The summed E-state index contributed by atoms with van der Waals surface area (Å²) in [6.45, 7) is 1.88. The second kappa shape index (κ2) is 7.16. The van der Waals surface area contributed by atoms with Gasteiger partial charge in [-0.2, -0.15) is 13.2 Å². The molecule has 0 aliphatic carbocycles. The van der Waals surface area contributed by atoms with E-state index in [9.17, 15) is 18.0 Å². The number of alkyl halides is 3. The molecular formula is C22H16F3N3O. The fourth-order valence-corrected chi connectivity index (χ4v) is 3.32. The quantitative estimate of drug-likeness (QED) is 0.622. The maximum Gasteiger partial charge on any atom is 0.416 e. The predicted molar refractivity (Wildman–Crippen MR) is 105 cm³/mol. The molecular weight excluding hydrogens is 379 g/mol. The number of amides is 1. The molecule has 0 fully saturated rings. The van der Waals surface area contributed by atoms with Crippen LogP contribution in [0.1, 0.15) is 22.7 Å². The van der Waals surface area contributed by atoms with Crippen molar-refractivity contribution in [3.63, 3.8) is 0 Å². The number of pyridine rings is 1. The van der Waals surface area contributed by atoms with E-state index < -0.39 is 23.6 Å². The summed E-state index contributed by atoms with van der Waals surface area (Å²) in [7, 11) is 0. The Morgan fingerprint density at radius 3 is 2.59 bits per heavy atom. The fraction of sp³-hybridized carbons (Fsp3) is 0.136. The largest absolute Gasteiger partial charge is 0.416 e. The van der Waals surface area contributed by atoms with Crippen molar-refractivity contribution in [2.75, 3.05) is 5.32 Å². The second-order valence-corrected chi connectivity index (χ2v) is 6.75. The zero-order valence-electron chi connectivity index (χ0n) is 15.4. The number of nitrogens with one attached hydrogen (secondary N) is 1. The normalized spacial score (nSPS) is 16.1. The summed E-state index contributed by atoms with van der Waals surface area (Å²) in [5, 5.41) is 2.60. The van der Waals surface area contributed by atoms with Gasteiger partial charge in [-0.1, -0.05) is 24.3 Å². The SMILES string of the molecule is Cc1cc(-c2ccccc2C2C=Nc3ccc(C(F)(F)F)cc3NC2=O)ccn1. The number of halogens is 3. The lowest BCUT2D eigenvalue weighted by Gasteiger charge is -2.16. The highest BCUT2D eigenvalue weighted by Crippen LogP contribution is 2.38. The smallest absolute Gasteiger partial charge is 0.323 e. The summed E-state index contributed by atoms with van der Waals surface area (Å²) >= 11 is 0. The zero-order valence-corrected chi connectivity index (χ0v) is 15.4. The van der Waals surface area contributed by atoms with Crippen LogP contribution in [0, 0.1) is 6.92 Å². The molecule has 29 heavy (non-hydrogen) atoms. The van der Waals surface area contributed by atoms with Crippen molar-refractivity contribution in [3.8, 4) is 11.1 Å². The van der Waals surface area contributed by atoms with Crippen LogP contribution in [-0.2, 0) is 11.0 Å². The highest BCUT2D eigenvalue weighted by atomic mass is 19.4. The van der Waals surface area contributed by atoms with Crippen LogP contribution in [0.15, 0.2) is 65.8 Å². The van der Waals surface area contributed by atoms with Crippen molar-refractivity contribution >= 4 is 23.5 Å². The average Bonchev–Trinajstić information content (AvgIpc) is 2.85. The first-order valence-corrected chi connectivity index (χ1v) is 8.91. The second-order valence-electron chi connectivity index (χ2n) is 6.75. The van der Waals surface area contributed by atoms with Gasteiger partial charge in [-0.25, -0.2) is 0 Å². The molecule has 1 aliphatic rings. The molecule has 2 aromatic carbocycles. The van der Waals surface area contributed by atoms with Gasteiger partial charge in [-0.3, -0.25) is 14.8 Å². The highest BCUT2D eigenvalue weighted by Gasteiger charge is 2.32. The average molecular weight is 395 g/mol. The molecule has 0 spiro atoms. The van der Waals surface area contributed by atoms with Crippen LogP contribution >= 0.6 is 0 Å². The molecule has 3 aromatic rings. The van der Waals surface area contributed by atoms with Gasteiger partial charge in [0.2, 0.25) is 5.91 Å². The minimum Gasteiger partial charge on any atom is -0.323 e. The monoisotopic (exact) mass is 395 g/mol. The van der Waals surface area contributed by atoms with Gasteiger partial charge in [0.25, 0.3) is 0 Å². The molecule has 0 saturated heterocycles. The Labute approximate surface area is 165 Å². The maximum absolute atomic E-state index is 13.0. The van der Waals surface area contributed by atoms with E-state index in [0.717, 1.165) is 29.0 Å². The predicted octanol–water partition coefficient (Wildman–Crippen LogP) is 5.51. The lowest BCUT2D eigenvalue weighted by atomic mass is 9.90. The van der Waals surface area contributed by atoms with Crippen molar-refractivity contribution in [3.05, 3.63) is 77.6 Å². The van der Waals surface area contributed by atoms with Gasteiger partial charge in [0, 0.05) is 18.1 Å². The molecule has 1 N–H and O–H groups in total. The Hall–Kier alpha value is -3.48. The zero-order chi connectivity index (χ0) is 20.6. The van der Waals surface area contributed by atoms with E-state index in [4.69, 9.17) is 0 Å². The van der Waals surface area contributed by atoms with Gasteiger partial charge in [-0.15, -0.1) is 0 Å². The van der Waals surface area contributed by atoms with Crippen LogP contribution in [0.2, 0.25) is 0 Å². The summed E-state index contributed by atoms with van der Waals surface area (Å²) in [6, 6.07) is 14.3. The minimum absolute atomic E-state index is 0.0424. The number of rotatable bonds is 2. The molecule has 1 unspecified atom stereocenters. The molecule has 1 aromatic heterocycles. The Balaban J connectivity index is 1.74. The van der Waals surface area contributed by atoms with E-state index in [2.05, 4.69) is 15.3 Å². The number of nitrogens with zero attached hydrogens (tertiary/aromatic N) is 2. The van der Waals surface area contributed by atoms with Gasteiger partial charge in [-0.05, 0) is 53.9 Å². The lowest BCUT2D eigenvalue weighted by Crippen LogP contribution is -2.21. The molecule has 7 heteroatoms. The van der Waals surface area contributed by atoms with E-state index in [-0.39, 0.29) is 11.4 Å². The lowest BCUT2D eigenvalue weighted by molar-refractivity contribution is -0.137. The Kier molecular flexibility index (Phi) is 4.66. The van der Waals surface area contributed by atoms with Crippen LogP contribution in [0.3, 0.4) is 0 Å². The first-order valence-electron chi connectivity index (χ1n) is 8.91. The first-order chi connectivity index (χ1) is 13.8. The number of aryl methyl sites for hydroxylation is 1. The first kappa shape index (κ1) is 18.9. The topological polar surface area (TPSA) is 54.4 Å². The van der Waals surface area contributed by atoms with Gasteiger partial charge in [0.1, 0.15) is 0 Å². The third-order valence-corrected chi connectivity index (χ3v) is 4.73. The van der Waals surface area contributed by atoms with Crippen LogP contribution in [0.25, 0.3) is 11.1 Å². The molecule has 146 valence electrons. The number of fused-ring (bicyclic) bond motifs is 1. The number of anilines is 1. The summed E-state index contributed by atoms with van der Waals surface area (Å²) in [5.74, 6) is -1.19. The molecule has 1 amide bonds. The van der Waals surface area contributed by atoms with E-state index in [1.807, 2.05) is 43.3 Å². The van der Waals surface area contributed by atoms with Gasteiger partial charge >= 0.3 is 6.18 Å².